The summed E-state index contributed by atoms with van der Waals surface area (Å²) in [6.45, 7) is 1.55. The Morgan fingerprint density at radius 2 is 1.49 bits per heavy atom. The van der Waals surface area contributed by atoms with Crippen molar-refractivity contribution in [3.8, 4) is 5.75 Å². The third-order valence-electron chi connectivity index (χ3n) is 4.52. The molecule has 3 rings (SSSR count). The number of hydrogen-bond donors (Lipinski definition) is 3. The summed E-state index contributed by atoms with van der Waals surface area (Å²) in [5.41, 5.74) is 4.56. The van der Waals surface area contributed by atoms with E-state index in [0.717, 1.165) is 0 Å². The Bertz CT molecular complexity index is 1290. The molecule has 2 amide bonds. The van der Waals surface area contributed by atoms with E-state index in [1.165, 1.54) is 42.5 Å². The Kier molecular flexibility index (Phi) is 8.41. The van der Waals surface area contributed by atoms with Gasteiger partial charge in [-0.2, -0.15) is 0 Å². The smallest absolute Gasteiger partial charge is 0.340 e. The van der Waals surface area contributed by atoms with Gasteiger partial charge in [-0.05, 0) is 55.5 Å². The Hall–Kier alpha value is -4.38. The van der Waals surface area contributed by atoms with Crippen LogP contribution < -0.4 is 20.3 Å². The molecule has 182 valence electrons. The van der Waals surface area contributed by atoms with Gasteiger partial charge in [-0.15, -0.1) is 0 Å². The van der Waals surface area contributed by atoms with Gasteiger partial charge in [0.05, 0.1) is 22.8 Å². The van der Waals surface area contributed by atoms with Crippen molar-refractivity contribution in [3.63, 3.8) is 0 Å². The van der Waals surface area contributed by atoms with Crippen LogP contribution in [0.25, 0.3) is 0 Å². The summed E-state index contributed by atoms with van der Waals surface area (Å²) >= 11 is 0. The fraction of sp³-hybridized carbons (Fsp3) is 0.125. The molecule has 0 unspecified atom stereocenters. The number of ether oxygens (including phenoxy) is 2. The van der Waals surface area contributed by atoms with E-state index < -0.39 is 34.4 Å². The summed E-state index contributed by atoms with van der Waals surface area (Å²) < 4.78 is 38.2. The second-order valence-corrected chi connectivity index (χ2v) is 8.68. The second-order valence-electron chi connectivity index (χ2n) is 7.00. The molecule has 11 heteroatoms. The lowest BCUT2D eigenvalue weighted by atomic mass is 10.2. The van der Waals surface area contributed by atoms with Crippen molar-refractivity contribution in [2.45, 2.75) is 11.8 Å². The molecule has 0 spiro atoms. The number of amides is 2. The zero-order valence-electron chi connectivity index (χ0n) is 18.7. The van der Waals surface area contributed by atoms with Crippen LogP contribution in [0.15, 0.2) is 83.8 Å². The fourth-order valence-corrected chi connectivity index (χ4v) is 3.95. The lowest BCUT2D eigenvalue weighted by Gasteiger charge is -2.13. The van der Waals surface area contributed by atoms with Gasteiger partial charge in [-0.3, -0.25) is 25.2 Å². The second kappa shape index (κ2) is 11.7. The lowest BCUT2D eigenvalue weighted by Crippen LogP contribution is -2.43. The molecule has 0 aliphatic heterocycles. The average Bonchev–Trinajstić information content (AvgIpc) is 2.87. The van der Waals surface area contributed by atoms with E-state index in [1.807, 2.05) is 6.92 Å². The Balaban J connectivity index is 1.60. The van der Waals surface area contributed by atoms with Crippen LogP contribution in [0.3, 0.4) is 0 Å². The number of benzene rings is 3. The van der Waals surface area contributed by atoms with Gasteiger partial charge >= 0.3 is 5.97 Å². The molecule has 0 fully saturated rings. The summed E-state index contributed by atoms with van der Waals surface area (Å²) in [7, 11) is -4.02. The number of rotatable bonds is 9. The number of sulfonamides is 1. The maximum Gasteiger partial charge on any atom is 0.340 e. The molecule has 3 N–H and O–H groups in total. The number of hydrazine groups is 1. The van der Waals surface area contributed by atoms with Gasteiger partial charge in [0.2, 0.25) is 0 Å². The molecule has 3 aromatic carbocycles. The van der Waals surface area contributed by atoms with Crippen molar-refractivity contribution in [1.29, 1.82) is 0 Å². The highest BCUT2D eigenvalue weighted by molar-refractivity contribution is 7.92. The van der Waals surface area contributed by atoms with Gasteiger partial charge in [0.15, 0.2) is 6.61 Å². The van der Waals surface area contributed by atoms with Gasteiger partial charge < -0.3 is 9.47 Å². The Labute approximate surface area is 202 Å². The number of carbonyl (C=O) groups is 3. The van der Waals surface area contributed by atoms with Crippen molar-refractivity contribution >= 4 is 33.5 Å². The van der Waals surface area contributed by atoms with E-state index in [9.17, 15) is 22.8 Å². The number of esters is 1. The minimum atomic E-state index is -4.02. The van der Waals surface area contributed by atoms with E-state index in [4.69, 9.17) is 9.47 Å². The molecule has 0 heterocycles. The van der Waals surface area contributed by atoms with E-state index in [1.54, 1.807) is 36.4 Å². The predicted octanol–water partition coefficient (Wildman–Crippen LogP) is 2.50. The summed E-state index contributed by atoms with van der Waals surface area (Å²) in [6.07, 6.45) is 0. The zero-order valence-corrected chi connectivity index (χ0v) is 19.5. The molecule has 0 saturated heterocycles. The van der Waals surface area contributed by atoms with E-state index in [0.29, 0.717) is 17.9 Å². The van der Waals surface area contributed by atoms with Crippen LogP contribution in [0, 0.1) is 0 Å². The van der Waals surface area contributed by atoms with Gasteiger partial charge in [-0.1, -0.05) is 30.3 Å². The van der Waals surface area contributed by atoms with Crippen LogP contribution in [0.1, 0.15) is 27.6 Å². The van der Waals surface area contributed by atoms with Gasteiger partial charge in [-0.25, -0.2) is 13.2 Å². The molecular weight excluding hydrogens is 474 g/mol. The quantitative estimate of drug-likeness (QED) is 0.305. The van der Waals surface area contributed by atoms with Crippen LogP contribution in [-0.4, -0.2) is 39.4 Å². The molecule has 3 aromatic rings. The molecule has 10 nitrogen and oxygen atoms in total. The van der Waals surface area contributed by atoms with E-state index in [2.05, 4.69) is 15.6 Å². The SMILES string of the molecule is CCOc1ccc(S(=O)(=O)Nc2ccccc2C(=O)OCC(=O)NNC(=O)c2ccccc2)cc1. The lowest BCUT2D eigenvalue weighted by molar-refractivity contribution is -0.125. The summed E-state index contributed by atoms with van der Waals surface area (Å²) in [5, 5.41) is 0. The maximum absolute atomic E-state index is 12.8. The third kappa shape index (κ3) is 7.05. The molecular formula is C24H23N3O7S. The largest absolute Gasteiger partial charge is 0.494 e. The molecule has 0 aromatic heterocycles. The summed E-state index contributed by atoms with van der Waals surface area (Å²) in [5.74, 6) is -1.73. The topological polar surface area (TPSA) is 140 Å². The zero-order chi connectivity index (χ0) is 25.3. The van der Waals surface area contributed by atoms with Crippen LogP contribution >= 0.6 is 0 Å². The standard InChI is InChI=1S/C24H23N3O7S/c1-2-33-18-12-14-19(15-13-18)35(31,32)27-21-11-7-6-10-20(21)24(30)34-16-22(28)25-26-23(29)17-8-4-3-5-9-17/h3-15,27H,2,16H2,1H3,(H,25,28)(H,26,29). The summed E-state index contributed by atoms with van der Waals surface area (Å²) in [4.78, 5) is 36.4. The third-order valence-corrected chi connectivity index (χ3v) is 5.90. The van der Waals surface area contributed by atoms with Crippen molar-refractivity contribution in [3.05, 3.63) is 90.0 Å². The van der Waals surface area contributed by atoms with Crippen LogP contribution in [-0.2, 0) is 19.6 Å². The summed E-state index contributed by atoms with van der Waals surface area (Å²) in [6, 6.07) is 19.8. The minimum absolute atomic E-state index is 0.0239. The highest BCUT2D eigenvalue weighted by Gasteiger charge is 2.20. The molecule has 0 saturated carbocycles. The molecule has 0 aliphatic carbocycles. The highest BCUT2D eigenvalue weighted by Crippen LogP contribution is 2.22. The van der Waals surface area contributed by atoms with Crippen molar-refractivity contribution in [2.75, 3.05) is 17.9 Å². The first-order valence-electron chi connectivity index (χ1n) is 10.5. The van der Waals surface area contributed by atoms with E-state index in [-0.39, 0.29) is 16.1 Å². The normalized spacial score (nSPS) is 10.7. The number of hydrogen-bond acceptors (Lipinski definition) is 7. The van der Waals surface area contributed by atoms with Gasteiger partial charge in [0.25, 0.3) is 21.8 Å². The first-order valence-corrected chi connectivity index (χ1v) is 11.9. The van der Waals surface area contributed by atoms with Gasteiger partial charge in [0.1, 0.15) is 5.75 Å². The Morgan fingerprint density at radius 1 is 0.829 bits per heavy atom. The number of anilines is 1. The first kappa shape index (κ1) is 25.2. The van der Waals surface area contributed by atoms with Crippen LogP contribution in [0.5, 0.6) is 5.75 Å². The minimum Gasteiger partial charge on any atom is -0.494 e. The number of para-hydroxylation sites is 1. The predicted molar refractivity (Wildman–Crippen MR) is 127 cm³/mol. The number of carbonyl (C=O) groups excluding carboxylic acids is 3. The van der Waals surface area contributed by atoms with Crippen LogP contribution in [0.4, 0.5) is 5.69 Å². The highest BCUT2D eigenvalue weighted by atomic mass is 32.2. The molecule has 0 radical (unpaired) electrons. The molecule has 0 bridgehead atoms. The maximum atomic E-state index is 12.8. The van der Waals surface area contributed by atoms with Gasteiger partial charge in [0, 0.05) is 5.56 Å². The fourth-order valence-electron chi connectivity index (χ4n) is 2.87. The van der Waals surface area contributed by atoms with Crippen molar-refractivity contribution in [2.24, 2.45) is 0 Å². The monoisotopic (exact) mass is 497 g/mol. The van der Waals surface area contributed by atoms with E-state index >= 15 is 0 Å². The van der Waals surface area contributed by atoms with Crippen molar-refractivity contribution < 1.29 is 32.3 Å². The number of nitrogens with one attached hydrogen (secondary N) is 3. The average molecular weight is 498 g/mol. The van der Waals surface area contributed by atoms with Crippen molar-refractivity contribution in [1.82, 2.24) is 10.9 Å². The first-order chi connectivity index (χ1) is 16.8. The Morgan fingerprint density at radius 3 is 2.17 bits per heavy atom. The molecule has 0 aliphatic rings. The van der Waals surface area contributed by atoms with Crippen LogP contribution in [0.2, 0.25) is 0 Å². The molecule has 0 atom stereocenters. The molecule has 35 heavy (non-hydrogen) atoms.